The van der Waals surface area contributed by atoms with Crippen LogP contribution in [0.4, 0.5) is 5.13 Å². The summed E-state index contributed by atoms with van der Waals surface area (Å²) in [6.45, 7) is 4.11. The first-order chi connectivity index (χ1) is 7.65. The van der Waals surface area contributed by atoms with Crippen LogP contribution < -0.4 is 5.32 Å². The number of nitrogens with zero attached hydrogens (tertiary/aromatic N) is 1. The van der Waals surface area contributed by atoms with E-state index in [9.17, 15) is 4.79 Å². The minimum atomic E-state index is -0.766. The van der Waals surface area contributed by atoms with E-state index in [1.165, 1.54) is 0 Å². The summed E-state index contributed by atoms with van der Waals surface area (Å²) >= 11 is 1.54. The molecule has 0 bridgehead atoms. The molecule has 1 aromatic heterocycles. The van der Waals surface area contributed by atoms with Gasteiger partial charge in [0.05, 0.1) is 12.1 Å². The molecule has 0 aliphatic heterocycles. The molecule has 0 saturated heterocycles. The van der Waals surface area contributed by atoms with Gasteiger partial charge < -0.3 is 10.4 Å². The molecule has 5 heteroatoms. The maximum Gasteiger partial charge on any atom is 0.305 e. The Morgan fingerprint density at radius 3 is 2.88 bits per heavy atom. The Labute approximate surface area is 99.7 Å². The van der Waals surface area contributed by atoms with Crippen LogP contribution in [0.2, 0.25) is 0 Å². The Bertz CT molecular complexity index is 338. The van der Waals surface area contributed by atoms with Crippen LogP contribution in [-0.4, -0.2) is 22.1 Å². The lowest BCUT2D eigenvalue weighted by atomic mass is 10.1. The number of aromatic nitrogens is 1. The number of hydrogen-bond donors (Lipinski definition) is 2. The summed E-state index contributed by atoms with van der Waals surface area (Å²) in [6, 6.07) is -0.0154. The van der Waals surface area contributed by atoms with Crippen molar-refractivity contribution in [2.24, 2.45) is 0 Å². The number of hydrogen-bond acceptors (Lipinski definition) is 4. The molecule has 0 aliphatic rings. The predicted molar refractivity (Wildman–Crippen MR) is 66.1 cm³/mol. The van der Waals surface area contributed by atoms with Gasteiger partial charge in [0.25, 0.3) is 0 Å². The van der Waals surface area contributed by atoms with E-state index in [1.54, 1.807) is 11.3 Å². The van der Waals surface area contributed by atoms with E-state index in [-0.39, 0.29) is 12.5 Å². The Morgan fingerprint density at radius 1 is 1.62 bits per heavy atom. The van der Waals surface area contributed by atoms with Gasteiger partial charge in [-0.25, -0.2) is 4.98 Å². The molecular weight excluding hydrogens is 224 g/mol. The molecule has 1 unspecified atom stereocenters. The highest BCUT2D eigenvalue weighted by Crippen LogP contribution is 2.18. The van der Waals surface area contributed by atoms with Crippen LogP contribution in [0, 0.1) is 0 Å². The van der Waals surface area contributed by atoms with Crippen LogP contribution in [-0.2, 0) is 11.2 Å². The van der Waals surface area contributed by atoms with Gasteiger partial charge in [0, 0.05) is 11.4 Å². The minimum Gasteiger partial charge on any atom is -0.481 e. The lowest BCUT2D eigenvalue weighted by Crippen LogP contribution is -2.22. The number of thiazole rings is 1. The number of rotatable bonds is 7. The second-order valence-electron chi connectivity index (χ2n) is 3.73. The van der Waals surface area contributed by atoms with Crippen LogP contribution in [0.5, 0.6) is 0 Å². The van der Waals surface area contributed by atoms with Crippen LogP contribution in [0.15, 0.2) is 5.38 Å². The van der Waals surface area contributed by atoms with Crippen molar-refractivity contribution in [3.05, 3.63) is 11.1 Å². The normalized spacial score (nSPS) is 12.4. The molecule has 2 N–H and O–H groups in total. The number of carboxylic acid groups (broad SMARTS) is 1. The largest absolute Gasteiger partial charge is 0.481 e. The molecule has 16 heavy (non-hydrogen) atoms. The smallest absolute Gasteiger partial charge is 0.305 e. The molecule has 4 nitrogen and oxygen atoms in total. The fourth-order valence-corrected chi connectivity index (χ4v) is 2.37. The molecule has 0 radical (unpaired) electrons. The standard InChI is InChI=1S/C11H18N2O2S/c1-3-5-9(6-10(14)15)13-11-12-8(4-2)7-16-11/h7,9H,3-6H2,1-2H3,(H,12,13)(H,14,15). The quantitative estimate of drug-likeness (QED) is 0.771. The van der Waals surface area contributed by atoms with Gasteiger partial charge in [-0.1, -0.05) is 20.3 Å². The fraction of sp³-hybridized carbons (Fsp3) is 0.636. The lowest BCUT2D eigenvalue weighted by molar-refractivity contribution is -0.137. The highest BCUT2D eigenvalue weighted by molar-refractivity contribution is 7.13. The summed E-state index contributed by atoms with van der Waals surface area (Å²) in [5, 5.41) is 14.8. The first kappa shape index (κ1) is 13.0. The third kappa shape index (κ3) is 4.18. The van der Waals surface area contributed by atoms with Gasteiger partial charge in [0.2, 0.25) is 0 Å². The van der Waals surface area contributed by atoms with Gasteiger partial charge >= 0.3 is 5.97 Å². The van der Waals surface area contributed by atoms with Gasteiger partial charge in [-0.15, -0.1) is 11.3 Å². The molecule has 0 aromatic carbocycles. The summed E-state index contributed by atoms with van der Waals surface area (Å²) in [7, 11) is 0. The van der Waals surface area contributed by atoms with Crippen molar-refractivity contribution in [2.75, 3.05) is 5.32 Å². The Balaban J connectivity index is 2.56. The number of anilines is 1. The molecule has 0 amide bonds. The van der Waals surface area contributed by atoms with Gasteiger partial charge in [0.15, 0.2) is 5.13 Å². The van der Waals surface area contributed by atoms with E-state index < -0.39 is 5.97 Å². The zero-order valence-corrected chi connectivity index (χ0v) is 10.5. The number of carbonyl (C=O) groups is 1. The lowest BCUT2D eigenvalue weighted by Gasteiger charge is -2.14. The van der Waals surface area contributed by atoms with Gasteiger partial charge in [-0.3, -0.25) is 4.79 Å². The van der Waals surface area contributed by atoms with E-state index in [0.717, 1.165) is 30.1 Å². The highest BCUT2D eigenvalue weighted by atomic mass is 32.1. The minimum absolute atomic E-state index is 0.0154. The highest BCUT2D eigenvalue weighted by Gasteiger charge is 2.13. The van der Waals surface area contributed by atoms with Gasteiger partial charge in [-0.2, -0.15) is 0 Å². The molecule has 90 valence electrons. The van der Waals surface area contributed by atoms with Crippen LogP contribution >= 0.6 is 11.3 Å². The topological polar surface area (TPSA) is 62.2 Å². The Kier molecular flexibility index (Phi) is 5.25. The maximum atomic E-state index is 10.7. The first-order valence-corrected chi connectivity index (χ1v) is 6.46. The SMILES string of the molecule is CCCC(CC(=O)O)Nc1nc(CC)cs1. The van der Waals surface area contributed by atoms with Crippen LogP contribution in [0.25, 0.3) is 0 Å². The molecule has 0 saturated carbocycles. The molecule has 1 atom stereocenters. The number of nitrogens with one attached hydrogen (secondary N) is 1. The number of carboxylic acids is 1. The van der Waals surface area contributed by atoms with Crippen molar-refractivity contribution in [2.45, 2.75) is 45.6 Å². The molecule has 0 fully saturated rings. The first-order valence-electron chi connectivity index (χ1n) is 5.58. The van der Waals surface area contributed by atoms with Crippen molar-refractivity contribution < 1.29 is 9.90 Å². The Morgan fingerprint density at radius 2 is 2.38 bits per heavy atom. The molecular formula is C11H18N2O2S. The summed E-state index contributed by atoms with van der Waals surface area (Å²) in [5.74, 6) is -0.766. The van der Waals surface area contributed by atoms with E-state index >= 15 is 0 Å². The van der Waals surface area contributed by atoms with Crippen molar-refractivity contribution in [1.29, 1.82) is 0 Å². The monoisotopic (exact) mass is 242 g/mol. The average molecular weight is 242 g/mol. The van der Waals surface area contributed by atoms with Crippen molar-refractivity contribution in [3.8, 4) is 0 Å². The van der Waals surface area contributed by atoms with Crippen molar-refractivity contribution >= 4 is 22.4 Å². The second-order valence-corrected chi connectivity index (χ2v) is 4.58. The third-order valence-corrected chi connectivity index (χ3v) is 3.12. The van der Waals surface area contributed by atoms with E-state index in [2.05, 4.69) is 24.1 Å². The van der Waals surface area contributed by atoms with Gasteiger partial charge in [-0.05, 0) is 12.8 Å². The maximum absolute atomic E-state index is 10.7. The molecule has 1 heterocycles. The molecule has 1 rings (SSSR count). The number of aryl methyl sites for hydroxylation is 1. The summed E-state index contributed by atoms with van der Waals surface area (Å²) in [6.07, 6.45) is 2.88. The second kappa shape index (κ2) is 6.48. The molecule has 0 aliphatic carbocycles. The van der Waals surface area contributed by atoms with Crippen LogP contribution in [0.3, 0.4) is 0 Å². The summed E-state index contributed by atoms with van der Waals surface area (Å²) in [4.78, 5) is 15.1. The average Bonchev–Trinajstić information content (AvgIpc) is 2.65. The van der Waals surface area contributed by atoms with Crippen molar-refractivity contribution in [1.82, 2.24) is 4.98 Å². The zero-order chi connectivity index (χ0) is 12.0. The van der Waals surface area contributed by atoms with Crippen molar-refractivity contribution in [3.63, 3.8) is 0 Å². The Hall–Kier alpha value is -1.10. The van der Waals surface area contributed by atoms with E-state index in [4.69, 9.17) is 5.11 Å². The van der Waals surface area contributed by atoms with E-state index in [1.807, 2.05) is 5.38 Å². The van der Waals surface area contributed by atoms with E-state index in [0.29, 0.717) is 0 Å². The molecule has 1 aromatic rings. The third-order valence-electron chi connectivity index (χ3n) is 2.30. The van der Waals surface area contributed by atoms with Gasteiger partial charge in [0.1, 0.15) is 0 Å². The molecule has 0 spiro atoms. The fourth-order valence-electron chi connectivity index (χ4n) is 1.49. The summed E-state index contributed by atoms with van der Waals surface area (Å²) in [5.41, 5.74) is 1.05. The predicted octanol–water partition coefficient (Wildman–Crippen LogP) is 2.76. The zero-order valence-electron chi connectivity index (χ0n) is 9.69. The summed E-state index contributed by atoms with van der Waals surface area (Å²) < 4.78 is 0. The van der Waals surface area contributed by atoms with Crippen LogP contribution in [0.1, 0.15) is 38.8 Å². The number of aliphatic carboxylic acids is 1.